The smallest absolute Gasteiger partial charge is 0.322 e. The van der Waals surface area contributed by atoms with Crippen molar-refractivity contribution in [2.45, 2.75) is 76.0 Å². The van der Waals surface area contributed by atoms with E-state index in [-0.39, 0.29) is 29.7 Å². The first kappa shape index (κ1) is 37.1. The Morgan fingerprint density at radius 1 is 1.02 bits per heavy atom. The first-order valence-electron chi connectivity index (χ1n) is 16.9. The highest BCUT2D eigenvalue weighted by Gasteiger charge is 2.30. The van der Waals surface area contributed by atoms with Crippen molar-refractivity contribution in [1.29, 1.82) is 0 Å². The second-order valence-corrected chi connectivity index (χ2v) is 14.7. The number of aliphatic hydroxyl groups excluding tert-OH is 1. The molecule has 0 saturated carbocycles. The van der Waals surface area contributed by atoms with Gasteiger partial charge in [0.2, 0.25) is 15.9 Å². The zero-order valence-electron chi connectivity index (χ0n) is 28.3. The fourth-order valence-electron chi connectivity index (χ4n) is 6.25. The van der Waals surface area contributed by atoms with Crippen LogP contribution in [0, 0.1) is 18.6 Å². The van der Waals surface area contributed by atoms with Gasteiger partial charge in [-0.3, -0.25) is 9.69 Å². The van der Waals surface area contributed by atoms with Crippen molar-refractivity contribution in [2.75, 3.05) is 38.0 Å². The zero-order chi connectivity index (χ0) is 36.0. The molecular weight excluding hydrogens is 670 g/mol. The van der Waals surface area contributed by atoms with Crippen LogP contribution in [0.25, 0.3) is 0 Å². The van der Waals surface area contributed by atoms with Crippen LogP contribution in [0.15, 0.2) is 53.4 Å². The molecule has 0 aliphatic carbocycles. The summed E-state index contributed by atoms with van der Waals surface area (Å²) in [5.74, 6) is -2.31. The predicted octanol–water partition coefficient (Wildman–Crippen LogP) is 5.00. The number of aliphatic hydroxyl groups is 1. The number of aromatic nitrogens is 1. The van der Waals surface area contributed by atoms with Gasteiger partial charge in [-0.2, -0.15) is 4.31 Å². The number of nitrogens with zero attached hydrogens (tertiary/aromatic N) is 4. The Labute approximate surface area is 291 Å². The minimum absolute atomic E-state index is 0.0963. The highest BCUT2D eigenvalue weighted by Crippen LogP contribution is 2.27. The van der Waals surface area contributed by atoms with E-state index in [0.29, 0.717) is 69.6 Å². The van der Waals surface area contributed by atoms with Crippen LogP contribution < -0.4 is 15.8 Å². The van der Waals surface area contributed by atoms with Crippen LogP contribution in [0.1, 0.15) is 67.1 Å². The van der Waals surface area contributed by atoms with Crippen LogP contribution in [0.3, 0.4) is 0 Å². The molecular formula is C35H44F2N6O6S. The summed E-state index contributed by atoms with van der Waals surface area (Å²) < 4.78 is 61.7. The van der Waals surface area contributed by atoms with Gasteiger partial charge in [0.05, 0.1) is 22.3 Å². The highest BCUT2D eigenvalue weighted by molar-refractivity contribution is 7.89. The number of carbonyl (C=O) groups excluding carboxylic acids is 2. The molecule has 2 aromatic carbocycles. The topological polar surface area (TPSA) is 158 Å². The summed E-state index contributed by atoms with van der Waals surface area (Å²) in [6.45, 7) is 7.00. The summed E-state index contributed by atoms with van der Waals surface area (Å²) in [4.78, 5) is 33.6. The van der Waals surface area contributed by atoms with Gasteiger partial charge in [-0.15, -0.1) is 0 Å². The number of nitrogens with two attached hydrogens (primary N) is 1. The number of anilines is 1. The molecule has 15 heteroatoms. The Balaban J connectivity index is 1.16. The molecule has 5 rings (SSSR count). The summed E-state index contributed by atoms with van der Waals surface area (Å²) in [6.07, 6.45) is 3.35. The number of piperidine rings is 2. The standard InChI is InChI=1S/C35H44F2N6O6S/c1-3-4-15-43(35(46)40-32-20-29(34(38)45)30(36)21-31(32)37)25-11-16-41(17-12-25)22-24-5-10-33(39-23(24)2)49-27-6-8-28(9-7-27)50(47,48)42-18-13-26(44)14-19-42/h5-10,20-21,25-26,44H,3-4,11-19,22H2,1-2H3,(H2,38,45)(H,40,46). The van der Waals surface area contributed by atoms with E-state index >= 15 is 0 Å². The first-order valence-corrected chi connectivity index (χ1v) is 18.3. The number of amides is 3. The van der Waals surface area contributed by atoms with Gasteiger partial charge in [-0.05, 0) is 74.9 Å². The van der Waals surface area contributed by atoms with E-state index in [4.69, 9.17) is 10.5 Å². The Bertz CT molecular complexity index is 1780. The largest absolute Gasteiger partial charge is 0.439 e. The third-order valence-electron chi connectivity index (χ3n) is 9.25. The van der Waals surface area contributed by atoms with E-state index in [1.165, 1.54) is 16.4 Å². The summed E-state index contributed by atoms with van der Waals surface area (Å²) in [7, 11) is -3.65. The highest BCUT2D eigenvalue weighted by atomic mass is 32.2. The summed E-state index contributed by atoms with van der Waals surface area (Å²) >= 11 is 0. The van der Waals surface area contributed by atoms with Crippen LogP contribution in [-0.2, 0) is 16.6 Å². The quantitative estimate of drug-likeness (QED) is 0.237. The molecule has 270 valence electrons. The average Bonchev–Trinajstić information content (AvgIpc) is 3.08. The van der Waals surface area contributed by atoms with Crippen molar-refractivity contribution in [2.24, 2.45) is 5.73 Å². The zero-order valence-corrected chi connectivity index (χ0v) is 29.1. The van der Waals surface area contributed by atoms with E-state index in [2.05, 4.69) is 15.2 Å². The number of likely N-dealkylation sites (tertiary alicyclic amines) is 1. The number of nitrogens with one attached hydrogen (secondary N) is 1. The van der Waals surface area contributed by atoms with E-state index < -0.39 is 45.3 Å². The van der Waals surface area contributed by atoms with E-state index in [1.807, 2.05) is 19.9 Å². The van der Waals surface area contributed by atoms with Gasteiger partial charge < -0.3 is 25.8 Å². The van der Waals surface area contributed by atoms with E-state index in [0.717, 1.165) is 30.2 Å². The molecule has 0 unspecified atom stereocenters. The van der Waals surface area contributed by atoms with Crippen molar-refractivity contribution in [3.05, 3.63) is 77.0 Å². The number of halogens is 2. The van der Waals surface area contributed by atoms with E-state index in [1.54, 1.807) is 23.1 Å². The van der Waals surface area contributed by atoms with Gasteiger partial charge in [0.1, 0.15) is 17.4 Å². The lowest BCUT2D eigenvalue weighted by Crippen LogP contribution is -2.49. The lowest BCUT2D eigenvalue weighted by Gasteiger charge is -2.38. The molecule has 3 aromatic rings. The maximum atomic E-state index is 14.5. The maximum absolute atomic E-state index is 14.5. The van der Waals surface area contributed by atoms with Gasteiger partial charge in [0.15, 0.2) is 0 Å². The molecule has 0 spiro atoms. The van der Waals surface area contributed by atoms with Crippen molar-refractivity contribution in [3.63, 3.8) is 0 Å². The predicted molar refractivity (Wildman–Crippen MR) is 183 cm³/mol. The summed E-state index contributed by atoms with van der Waals surface area (Å²) in [5, 5.41) is 12.2. The Morgan fingerprint density at radius 3 is 2.32 bits per heavy atom. The van der Waals surface area contributed by atoms with Gasteiger partial charge in [0.25, 0.3) is 5.91 Å². The molecule has 50 heavy (non-hydrogen) atoms. The van der Waals surface area contributed by atoms with Crippen LogP contribution in [0.2, 0.25) is 0 Å². The minimum Gasteiger partial charge on any atom is -0.439 e. The van der Waals surface area contributed by atoms with Gasteiger partial charge in [-0.25, -0.2) is 27.0 Å². The Morgan fingerprint density at radius 2 is 1.70 bits per heavy atom. The monoisotopic (exact) mass is 714 g/mol. The van der Waals surface area contributed by atoms with Gasteiger partial charge in [0, 0.05) is 63.1 Å². The van der Waals surface area contributed by atoms with Crippen LogP contribution in [-0.4, -0.2) is 89.4 Å². The molecule has 12 nitrogen and oxygen atoms in total. The second kappa shape index (κ2) is 16.2. The minimum atomic E-state index is -3.65. The molecule has 0 bridgehead atoms. The molecule has 4 N–H and O–H groups in total. The Kier molecular flexibility index (Phi) is 12.0. The molecule has 3 heterocycles. The number of pyridine rings is 1. The average molecular weight is 715 g/mol. The molecule has 3 amide bonds. The first-order chi connectivity index (χ1) is 23.8. The van der Waals surface area contributed by atoms with Crippen LogP contribution >= 0.6 is 0 Å². The fourth-order valence-corrected chi connectivity index (χ4v) is 7.72. The number of primary amides is 1. The number of hydrogen-bond donors (Lipinski definition) is 3. The number of hydrogen-bond acceptors (Lipinski definition) is 8. The Hall–Kier alpha value is -4.18. The van der Waals surface area contributed by atoms with Gasteiger partial charge in [-0.1, -0.05) is 19.4 Å². The van der Waals surface area contributed by atoms with Crippen molar-refractivity contribution < 1.29 is 36.6 Å². The van der Waals surface area contributed by atoms with Crippen LogP contribution in [0.5, 0.6) is 11.6 Å². The number of urea groups is 1. The summed E-state index contributed by atoms with van der Waals surface area (Å²) in [6, 6.07) is 10.8. The molecule has 2 fully saturated rings. The van der Waals surface area contributed by atoms with Crippen molar-refractivity contribution >= 4 is 27.6 Å². The van der Waals surface area contributed by atoms with Crippen molar-refractivity contribution in [1.82, 2.24) is 19.1 Å². The van der Waals surface area contributed by atoms with Crippen LogP contribution in [0.4, 0.5) is 19.3 Å². The number of unbranched alkanes of at least 4 members (excludes halogenated alkanes) is 1. The normalized spacial score (nSPS) is 16.7. The molecule has 2 aliphatic heterocycles. The lowest BCUT2D eigenvalue weighted by molar-refractivity contribution is 0.0996. The molecule has 1 aromatic heterocycles. The lowest BCUT2D eigenvalue weighted by atomic mass is 10.0. The SMILES string of the molecule is CCCCN(C(=O)Nc1cc(C(N)=O)c(F)cc1F)C1CCN(Cc2ccc(Oc3ccc(S(=O)(=O)N4CCC(O)CC4)cc3)nc2C)CC1. The molecule has 2 saturated heterocycles. The second-order valence-electron chi connectivity index (χ2n) is 12.8. The summed E-state index contributed by atoms with van der Waals surface area (Å²) in [5.41, 5.74) is 6.20. The molecule has 2 aliphatic rings. The number of rotatable bonds is 12. The third-order valence-corrected chi connectivity index (χ3v) is 11.2. The molecule has 0 atom stereocenters. The third kappa shape index (κ3) is 8.94. The number of benzene rings is 2. The maximum Gasteiger partial charge on any atom is 0.322 e. The fraction of sp³-hybridized carbons (Fsp3) is 0.457. The van der Waals surface area contributed by atoms with Crippen molar-refractivity contribution in [3.8, 4) is 11.6 Å². The number of sulfonamides is 1. The number of ether oxygens (including phenoxy) is 1. The number of carbonyl (C=O) groups is 2. The number of aryl methyl sites for hydroxylation is 1. The molecule has 0 radical (unpaired) electrons. The van der Waals surface area contributed by atoms with E-state index in [9.17, 15) is 31.9 Å². The van der Waals surface area contributed by atoms with Gasteiger partial charge >= 0.3 is 6.03 Å².